The molecule has 0 aliphatic heterocycles. The molecule has 11 heavy (non-hydrogen) atoms. The molecule has 0 aromatic heterocycles. The Morgan fingerprint density at radius 3 is 2.18 bits per heavy atom. The second-order valence-corrected chi connectivity index (χ2v) is 4.60. The van der Waals surface area contributed by atoms with Crippen molar-refractivity contribution in [2.45, 2.75) is 52.9 Å². The molecule has 0 nitrogen and oxygen atoms in total. The van der Waals surface area contributed by atoms with Gasteiger partial charge >= 0.3 is 0 Å². The van der Waals surface area contributed by atoms with E-state index < -0.39 is 0 Å². The van der Waals surface area contributed by atoms with Gasteiger partial charge in [-0.15, -0.1) is 0 Å². The fourth-order valence-corrected chi connectivity index (χ4v) is 1.40. The van der Waals surface area contributed by atoms with Crippen molar-refractivity contribution in [3.05, 3.63) is 0 Å². The van der Waals surface area contributed by atoms with Gasteiger partial charge in [0.1, 0.15) is 0 Å². The molecule has 1 fully saturated rings. The molecule has 0 saturated heterocycles. The fraction of sp³-hybridized carbons (Fsp3) is 1.00. The third-order valence-corrected chi connectivity index (χ3v) is 2.67. The van der Waals surface area contributed by atoms with Crippen LogP contribution >= 0.6 is 13.5 Å². The van der Waals surface area contributed by atoms with Gasteiger partial charge in [0.15, 0.2) is 0 Å². The van der Waals surface area contributed by atoms with Crippen LogP contribution in [0.4, 0.5) is 0 Å². The Bertz CT molecular complexity index is 103. The maximum Gasteiger partial charge on any atom is -0.0325 e. The summed E-state index contributed by atoms with van der Waals surface area (Å²) >= 11 is 0. The standard InChI is InChI=1S/C10H20.H2S/c1-9(2)5-4-6-10(3)7-8-10;/h9H,4-8H2,1-3H3;1H2. The van der Waals surface area contributed by atoms with E-state index in [1.807, 2.05) is 0 Å². The van der Waals surface area contributed by atoms with Crippen LogP contribution in [0.2, 0.25) is 0 Å². The number of rotatable bonds is 4. The van der Waals surface area contributed by atoms with Gasteiger partial charge in [-0.25, -0.2) is 0 Å². The highest BCUT2D eigenvalue weighted by atomic mass is 32.1. The van der Waals surface area contributed by atoms with Gasteiger partial charge in [0, 0.05) is 0 Å². The van der Waals surface area contributed by atoms with Crippen molar-refractivity contribution in [2.24, 2.45) is 11.3 Å². The first-order valence-electron chi connectivity index (χ1n) is 4.62. The predicted octanol–water partition coefficient (Wildman–Crippen LogP) is 3.73. The first-order chi connectivity index (χ1) is 4.62. The minimum atomic E-state index is 0. The summed E-state index contributed by atoms with van der Waals surface area (Å²) in [5, 5.41) is 0. The molecule has 0 heterocycles. The highest BCUT2D eigenvalue weighted by Gasteiger charge is 2.35. The molecule has 0 amide bonds. The molecule has 1 saturated carbocycles. The van der Waals surface area contributed by atoms with Gasteiger partial charge in [0.05, 0.1) is 0 Å². The Labute approximate surface area is 78.2 Å². The molecule has 68 valence electrons. The van der Waals surface area contributed by atoms with Crippen LogP contribution in [0.1, 0.15) is 52.9 Å². The van der Waals surface area contributed by atoms with Crippen molar-refractivity contribution < 1.29 is 0 Å². The van der Waals surface area contributed by atoms with Crippen LogP contribution in [0.5, 0.6) is 0 Å². The summed E-state index contributed by atoms with van der Waals surface area (Å²) in [5.74, 6) is 0.905. The largest absolute Gasteiger partial charge is 0.197 e. The summed E-state index contributed by atoms with van der Waals surface area (Å²) in [5.41, 5.74) is 0.787. The average molecular weight is 174 g/mol. The van der Waals surface area contributed by atoms with Crippen molar-refractivity contribution in [2.75, 3.05) is 0 Å². The molecule has 0 radical (unpaired) electrons. The predicted molar refractivity (Wildman–Crippen MR) is 56.4 cm³/mol. The highest BCUT2D eigenvalue weighted by molar-refractivity contribution is 7.59. The lowest BCUT2D eigenvalue weighted by Crippen LogP contribution is -1.94. The van der Waals surface area contributed by atoms with Crippen LogP contribution in [0.15, 0.2) is 0 Å². The third-order valence-electron chi connectivity index (χ3n) is 2.67. The quantitative estimate of drug-likeness (QED) is 0.609. The van der Waals surface area contributed by atoms with E-state index in [0.717, 1.165) is 11.3 Å². The topological polar surface area (TPSA) is 0 Å². The monoisotopic (exact) mass is 174 g/mol. The second kappa shape index (κ2) is 4.39. The van der Waals surface area contributed by atoms with E-state index in [9.17, 15) is 0 Å². The maximum absolute atomic E-state index is 2.42. The van der Waals surface area contributed by atoms with E-state index in [0.29, 0.717) is 0 Å². The maximum atomic E-state index is 2.42. The lowest BCUT2D eigenvalue weighted by Gasteiger charge is -2.08. The molecule has 0 aromatic rings. The van der Waals surface area contributed by atoms with Crippen molar-refractivity contribution >= 4 is 13.5 Å². The van der Waals surface area contributed by atoms with E-state index in [2.05, 4.69) is 20.8 Å². The van der Waals surface area contributed by atoms with Gasteiger partial charge in [-0.05, 0) is 30.6 Å². The van der Waals surface area contributed by atoms with E-state index in [1.54, 1.807) is 0 Å². The molecule has 0 aromatic carbocycles. The zero-order valence-electron chi connectivity index (χ0n) is 8.11. The number of hydrogen-bond acceptors (Lipinski definition) is 0. The van der Waals surface area contributed by atoms with Gasteiger partial charge in [-0.1, -0.05) is 33.6 Å². The van der Waals surface area contributed by atoms with Crippen molar-refractivity contribution in [1.82, 2.24) is 0 Å². The lowest BCUT2D eigenvalue weighted by atomic mass is 9.98. The van der Waals surface area contributed by atoms with E-state index in [1.165, 1.54) is 32.1 Å². The van der Waals surface area contributed by atoms with Crippen LogP contribution < -0.4 is 0 Å². The molecular weight excluding hydrogens is 152 g/mol. The van der Waals surface area contributed by atoms with E-state index in [4.69, 9.17) is 0 Å². The summed E-state index contributed by atoms with van der Waals surface area (Å²) in [6, 6.07) is 0. The molecule has 1 aliphatic carbocycles. The normalized spacial score (nSPS) is 19.6. The molecule has 0 unspecified atom stereocenters. The Hall–Kier alpha value is 0.350. The second-order valence-electron chi connectivity index (χ2n) is 4.60. The van der Waals surface area contributed by atoms with Crippen molar-refractivity contribution in [3.8, 4) is 0 Å². The summed E-state index contributed by atoms with van der Waals surface area (Å²) < 4.78 is 0. The molecular formula is C10H22S. The summed E-state index contributed by atoms with van der Waals surface area (Å²) in [6.07, 6.45) is 7.34. The summed E-state index contributed by atoms with van der Waals surface area (Å²) in [4.78, 5) is 0. The fourth-order valence-electron chi connectivity index (χ4n) is 1.40. The average Bonchev–Trinajstić information content (AvgIpc) is 2.47. The van der Waals surface area contributed by atoms with Gasteiger partial charge in [-0.2, -0.15) is 13.5 Å². The van der Waals surface area contributed by atoms with Crippen LogP contribution in [0, 0.1) is 11.3 Å². The van der Waals surface area contributed by atoms with Gasteiger partial charge in [0.25, 0.3) is 0 Å². The summed E-state index contributed by atoms with van der Waals surface area (Å²) in [6.45, 7) is 7.05. The first-order valence-corrected chi connectivity index (χ1v) is 4.62. The molecule has 0 N–H and O–H groups in total. The van der Waals surface area contributed by atoms with Crippen molar-refractivity contribution in [3.63, 3.8) is 0 Å². The zero-order valence-corrected chi connectivity index (χ0v) is 9.11. The van der Waals surface area contributed by atoms with E-state index >= 15 is 0 Å². The number of hydrogen-bond donors (Lipinski definition) is 0. The van der Waals surface area contributed by atoms with Crippen molar-refractivity contribution in [1.29, 1.82) is 0 Å². The Morgan fingerprint density at radius 1 is 1.27 bits per heavy atom. The molecule has 0 bridgehead atoms. The third kappa shape index (κ3) is 4.73. The molecule has 1 aliphatic rings. The Balaban J connectivity index is 0.000001000. The summed E-state index contributed by atoms with van der Waals surface area (Å²) in [7, 11) is 0. The van der Waals surface area contributed by atoms with E-state index in [-0.39, 0.29) is 13.5 Å². The van der Waals surface area contributed by atoms with Crippen LogP contribution in [0.3, 0.4) is 0 Å². The van der Waals surface area contributed by atoms with Crippen LogP contribution in [0.25, 0.3) is 0 Å². The Kier molecular flexibility index (Phi) is 4.53. The molecule has 1 heteroatoms. The molecule has 0 atom stereocenters. The minimum Gasteiger partial charge on any atom is -0.197 e. The van der Waals surface area contributed by atoms with Crippen LogP contribution in [-0.2, 0) is 0 Å². The molecule has 0 spiro atoms. The smallest absolute Gasteiger partial charge is 0.0325 e. The van der Waals surface area contributed by atoms with Gasteiger partial charge in [0.2, 0.25) is 0 Å². The minimum absolute atomic E-state index is 0. The molecule has 1 rings (SSSR count). The van der Waals surface area contributed by atoms with Gasteiger partial charge in [-0.3, -0.25) is 0 Å². The Morgan fingerprint density at radius 2 is 1.82 bits per heavy atom. The first kappa shape index (κ1) is 11.4. The van der Waals surface area contributed by atoms with Crippen LogP contribution in [-0.4, -0.2) is 0 Å². The highest BCUT2D eigenvalue weighted by Crippen LogP contribution is 2.49. The van der Waals surface area contributed by atoms with Gasteiger partial charge < -0.3 is 0 Å². The zero-order chi connectivity index (χ0) is 7.61. The lowest BCUT2D eigenvalue weighted by molar-refractivity contribution is 0.445. The SMILES string of the molecule is CC(C)CCCC1(C)CC1.S.